The van der Waals surface area contributed by atoms with Gasteiger partial charge < -0.3 is 9.73 Å². The minimum Gasteiger partial charge on any atom is -0.445 e. The number of rotatable bonds is 4. The third-order valence-corrected chi connectivity index (χ3v) is 2.53. The molecule has 0 aliphatic rings. The van der Waals surface area contributed by atoms with Crippen LogP contribution in [0.25, 0.3) is 0 Å². The molecule has 0 aromatic carbocycles. The van der Waals surface area contributed by atoms with Gasteiger partial charge >= 0.3 is 0 Å². The zero-order valence-corrected chi connectivity index (χ0v) is 9.77. The van der Waals surface area contributed by atoms with Gasteiger partial charge in [0.1, 0.15) is 5.76 Å². The van der Waals surface area contributed by atoms with E-state index < -0.39 is 0 Å². The highest BCUT2D eigenvalue weighted by molar-refractivity contribution is 5.05. The molecule has 86 valence electrons. The highest BCUT2D eigenvalue weighted by atomic mass is 16.4. The minimum atomic E-state index is 0.222. The van der Waals surface area contributed by atoms with Gasteiger partial charge in [0, 0.05) is 19.3 Å². The van der Waals surface area contributed by atoms with E-state index in [1.54, 1.807) is 12.4 Å². The summed E-state index contributed by atoms with van der Waals surface area (Å²) in [5, 5.41) is 7.47. The van der Waals surface area contributed by atoms with Crippen LogP contribution in [0.3, 0.4) is 0 Å². The average molecular weight is 220 g/mol. The van der Waals surface area contributed by atoms with E-state index in [-0.39, 0.29) is 6.04 Å². The lowest BCUT2D eigenvalue weighted by Crippen LogP contribution is -2.20. The van der Waals surface area contributed by atoms with Gasteiger partial charge in [0.05, 0.1) is 18.4 Å². The highest BCUT2D eigenvalue weighted by Crippen LogP contribution is 2.11. The summed E-state index contributed by atoms with van der Waals surface area (Å²) < 4.78 is 7.25. The van der Waals surface area contributed by atoms with Gasteiger partial charge in [-0.2, -0.15) is 5.10 Å². The molecule has 0 saturated heterocycles. The Bertz CT molecular complexity index is 460. The first-order valence-corrected chi connectivity index (χ1v) is 5.29. The van der Waals surface area contributed by atoms with Crippen molar-refractivity contribution in [3.8, 4) is 0 Å². The van der Waals surface area contributed by atoms with Gasteiger partial charge in [-0.15, -0.1) is 0 Å². The second kappa shape index (κ2) is 4.49. The van der Waals surface area contributed by atoms with Gasteiger partial charge in [0.25, 0.3) is 0 Å². The third kappa shape index (κ3) is 2.30. The largest absolute Gasteiger partial charge is 0.445 e. The molecule has 2 heterocycles. The van der Waals surface area contributed by atoms with E-state index in [0.717, 1.165) is 11.5 Å². The van der Waals surface area contributed by atoms with E-state index >= 15 is 0 Å². The monoisotopic (exact) mass is 220 g/mol. The second-order valence-electron chi connectivity index (χ2n) is 3.85. The summed E-state index contributed by atoms with van der Waals surface area (Å²) in [5.74, 6) is 1.55. The molecule has 2 rings (SSSR count). The molecule has 0 aliphatic carbocycles. The molecule has 0 bridgehead atoms. The van der Waals surface area contributed by atoms with Crippen LogP contribution < -0.4 is 5.32 Å². The smallest absolute Gasteiger partial charge is 0.208 e. The summed E-state index contributed by atoms with van der Waals surface area (Å²) in [6.45, 7) is 4.61. The van der Waals surface area contributed by atoms with E-state index in [2.05, 4.69) is 22.3 Å². The number of hydrogen-bond donors (Lipinski definition) is 1. The lowest BCUT2D eigenvalue weighted by atomic mass is 10.2. The van der Waals surface area contributed by atoms with E-state index in [0.29, 0.717) is 12.4 Å². The molecule has 5 nitrogen and oxygen atoms in total. The maximum Gasteiger partial charge on any atom is 0.208 e. The highest BCUT2D eigenvalue weighted by Gasteiger charge is 2.09. The predicted octanol–water partition coefficient (Wildman–Crippen LogP) is 1.57. The lowest BCUT2D eigenvalue weighted by molar-refractivity contribution is 0.425. The summed E-state index contributed by atoms with van der Waals surface area (Å²) in [6, 6.07) is 2.22. The Hall–Kier alpha value is -1.62. The number of aromatic nitrogens is 3. The summed E-state index contributed by atoms with van der Waals surface area (Å²) in [4.78, 5) is 4.14. The first-order valence-electron chi connectivity index (χ1n) is 5.29. The van der Waals surface area contributed by atoms with Gasteiger partial charge in [-0.3, -0.25) is 4.68 Å². The van der Waals surface area contributed by atoms with Crippen LogP contribution in [0.5, 0.6) is 0 Å². The van der Waals surface area contributed by atoms with Gasteiger partial charge in [0.2, 0.25) is 5.89 Å². The van der Waals surface area contributed by atoms with Crippen LogP contribution in [0, 0.1) is 6.92 Å². The van der Waals surface area contributed by atoms with E-state index in [4.69, 9.17) is 4.42 Å². The molecule has 2 aromatic rings. The maximum absolute atomic E-state index is 5.39. The number of hydrogen-bond acceptors (Lipinski definition) is 4. The third-order valence-electron chi connectivity index (χ3n) is 2.53. The first kappa shape index (κ1) is 10.9. The number of nitrogens with zero attached hydrogens (tertiary/aromatic N) is 3. The summed E-state index contributed by atoms with van der Waals surface area (Å²) in [7, 11) is 1.93. The van der Waals surface area contributed by atoms with Crippen LogP contribution >= 0.6 is 0 Å². The predicted molar refractivity (Wildman–Crippen MR) is 59.7 cm³/mol. The van der Waals surface area contributed by atoms with Crippen molar-refractivity contribution < 1.29 is 4.42 Å². The molecular formula is C11H16N4O. The average Bonchev–Trinajstić information content (AvgIpc) is 2.84. The molecule has 16 heavy (non-hydrogen) atoms. The van der Waals surface area contributed by atoms with E-state index in [1.165, 1.54) is 0 Å². The standard InChI is InChI=1S/C11H16N4O/c1-8-6-13-11(16-8)7-12-9(2)10-4-5-14-15(10)3/h4-6,9,12H,7H2,1-3H3. The van der Waals surface area contributed by atoms with Crippen molar-refractivity contribution in [3.05, 3.63) is 35.8 Å². The van der Waals surface area contributed by atoms with Crippen molar-refractivity contribution in [1.29, 1.82) is 0 Å². The molecule has 0 amide bonds. The molecule has 0 aliphatic heterocycles. The van der Waals surface area contributed by atoms with Crippen molar-refractivity contribution in [1.82, 2.24) is 20.1 Å². The Balaban J connectivity index is 1.93. The first-order chi connectivity index (χ1) is 7.66. The number of oxazole rings is 1. The van der Waals surface area contributed by atoms with Crippen molar-refractivity contribution in [2.24, 2.45) is 7.05 Å². The Kier molecular flexibility index (Phi) is 3.05. The molecule has 0 saturated carbocycles. The van der Waals surface area contributed by atoms with Gasteiger partial charge in [0.15, 0.2) is 0 Å². The van der Waals surface area contributed by atoms with Crippen molar-refractivity contribution in [3.63, 3.8) is 0 Å². The Morgan fingerprint density at radius 2 is 2.38 bits per heavy atom. The zero-order chi connectivity index (χ0) is 11.5. The minimum absolute atomic E-state index is 0.222. The quantitative estimate of drug-likeness (QED) is 0.849. The molecule has 0 spiro atoms. The molecule has 0 radical (unpaired) electrons. The normalized spacial score (nSPS) is 12.9. The van der Waals surface area contributed by atoms with Crippen molar-refractivity contribution in [2.75, 3.05) is 0 Å². The fraction of sp³-hybridized carbons (Fsp3) is 0.455. The van der Waals surface area contributed by atoms with E-state index in [9.17, 15) is 0 Å². The second-order valence-corrected chi connectivity index (χ2v) is 3.85. The van der Waals surface area contributed by atoms with Gasteiger partial charge in [-0.25, -0.2) is 4.98 Å². The Labute approximate surface area is 94.5 Å². The molecular weight excluding hydrogens is 204 g/mol. The van der Waals surface area contributed by atoms with E-state index in [1.807, 2.05) is 24.7 Å². The van der Waals surface area contributed by atoms with Crippen LogP contribution in [0.15, 0.2) is 22.9 Å². The SMILES string of the molecule is Cc1cnc(CNC(C)c2ccnn2C)o1. The number of nitrogens with one attached hydrogen (secondary N) is 1. The summed E-state index contributed by atoms with van der Waals surface area (Å²) in [6.07, 6.45) is 3.52. The Morgan fingerprint density at radius 1 is 1.56 bits per heavy atom. The fourth-order valence-electron chi connectivity index (χ4n) is 1.64. The molecule has 0 fully saturated rings. The Morgan fingerprint density at radius 3 is 2.94 bits per heavy atom. The topological polar surface area (TPSA) is 55.9 Å². The molecule has 1 unspecified atom stereocenters. The van der Waals surface area contributed by atoms with Crippen LogP contribution in [-0.2, 0) is 13.6 Å². The number of aryl methyl sites for hydroxylation is 2. The molecule has 1 N–H and O–H groups in total. The van der Waals surface area contributed by atoms with Crippen LogP contribution in [0.1, 0.15) is 30.3 Å². The fourth-order valence-corrected chi connectivity index (χ4v) is 1.64. The van der Waals surface area contributed by atoms with Gasteiger partial charge in [-0.05, 0) is 19.9 Å². The van der Waals surface area contributed by atoms with Crippen molar-refractivity contribution in [2.45, 2.75) is 26.4 Å². The van der Waals surface area contributed by atoms with Crippen LogP contribution in [-0.4, -0.2) is 14.8 Å². The lowest BCUT2D eigenvalue weighted by Gasteiger charge is -2.12. The molecule has 1 atom stereocenters. The molecule has 2 aromatic heterocycles. The maximum atomic E-state index is 5.39. The molecule has 5 heteroatoms. The zero-order valence-electron chi connectivity index (χ0n) is 9.77. The van der Waals surface area contributed by atoms with Crippen molar-refractivity contribution >= 4 is 0 Å². The summed E-state index contributed by atoms with van der Waals surface area (Å²) >= 11 is 0. The van der Waals surface area contributed by atoms with Crippen LogP contribution in [0.2, 0.25) is 0 Å². The van der Waals surface area contributed by atoms with Crippen LogP contribution in [0.4, 0.5) is 0 Å². The summed E-state index contributed by atoms with van der Waals surface area (Å²) in [5.41, 5.74) is 1.14. The van der Waals surface area contributed by atoms with Gasteiger partial charge in [-0.1, -0.05) is 0 Å².